The smallest absolute Gasteiger partial charge is 0.327 e. The van der Waals surface area contributed by atoms with Gasteiger partial charge in [0.15, 0.2) is 5.82 Å². The van der Waals surface area contributed by atoms with Crippen molar-refractivity contribution >= 4 is 24.3 Å². The van der Waals surface area contributed by atoms with Gasteiger partial charge in [0.1, 0.15) is 24.3 Å². The summed E-state index contributed by atoms with van der Waals surface area (Å²) in [5, 5.41) is 9.39. The Labute approximate surface area is 164 Å². The molecule has 0 aromatic carbocycles. The molecule has 0 aliphatic carbocycles. The van der Waals surface area contributed by atoms with E-state index in [1.165, 1.54) is 4.57 Å². The SMILES string of the molecule is C=Nc1c(/C(N)=N\COCCCC)[nH]c(=O)n1CCN1CCCCC1C(=O)O. The van der Waals surface area contributed by atoms with E-state index in [1.807, 2.05) is 4.90 Å². The third-order valence-corrected chi connectivity index (χ3v) is 4.84. The van der Waals surface area contributed by atoms with E-state index in [0.29, 0.717) is 37.6 Å². The highest BCUT2D eigenvalue weighted by Gasteiger charge is 2.28. The van der Waals surface area contributed by atoms with Crippen LogP contribution >= 0.6 is 0 Å². The summed E-state index contributed by atoms with van der Waals surface area (Å²) in [7, 11) is 0. The molecule has 0 amide bonds. The quantitative estimate of drug-likeness (QED) is 0.290. The summed E-state index contributed by atoms with van der Waals surface area (Å²) in [6.45, 7) is 7.69. The monoisotopic (exact) mass is 394 g/mol. The minimum absolute atomic E-state index is 0.101. The standard InChI is InChI=1S/C18H30N6O4/c1-3-4-11-28-12-21-15(19)14-16(20-2)24(18(27)22-14)10-9-23-8-6-5-7-13(23)17(25)26/h13H,2-12H2,1H3,(H2,19,21)(H,22,27)(H,25,26). The Bertz CT molecular complexity index is 754. The predicted molar refractivity (Wildman–Crippen MR) is 108 cm³/mol. The van der Waals surface area contributed by atoms with Crippen LogP contribution < -0.4 is 11.4 Å². The molecular formula is C18H30N6O4. The van der Waals surface area contributed by atoms with Crippen LogP contribution in [0.15, 0.2) is 14.8 Å². The normalized spacial score (nSPS) is 18.3. The lowest BCUT2D eigenvalue weighted by Crippen LogP contribution is -2.46. The molecular weight excluding hydrogens is 364 g/mol. The maximum atomic E-state index is 12.4. The molecule has 0 radical (unpaired) electrons. The molecule has 2 heterocycles. The molecule has 1 unspecified atom stereocenters. The number of carboxylic acids is 1. The second-order valence-electron chi connectivity index (χ2n) is 6.76. The molecule has 0 bridgehead atoms. The summed E-state index contributed by atoms with van der Waals surface area (Å²) in [6.07, 6.45) is 4.43. The van der Waals surface area contributed by atoms with Crippen molar-refractivity contribution in [2.24, 2.45) is 15.7 Å². The molecule has 10 nitrogen and oxygen atoms in total. The van der Waals surface area contributed by atoms with Gasteiger partial charge in [0.05, 0.1) is 0 Å². The predicted octanol–water partition coefficient (Wildman–Crippen LogP) is 0.927. The third kappa shape index (κ3) is 5.52. The number of nitrogens with one attached hydrogen (secondary N) is 1. The van der Waals surface area contributed by atoms with Gasteiger partial charge in [-0.25, -0.2) is 14.8 Å². The first kappa shape index (κ1) is 21.8. The van der Waals surface area contributed by atoms with Crippen molar-refractivity contribution in [3.05, 3.63) is 16.2 Å². The van der Waals surface area contributed by atoms with E-state index in [1.54, 1.807) is 0 Å². The van der Waals surface area contributed by atoms with Gasteiger partial charge in [0.25, 0.3) is 0 Å². The van der Waals surface area contributed by atoms with Crippen LogP contribution in [-0.2, 0) is 16.1 Å². The second kappa shape index (κ2) is 10.8. The maximum absolute atomic E-state index is 12.4. The number of aliphatic imine (C=N–C) groups is 2. The molecule has 156 valence electrons. The van der Waals surface area contributed by atoms with Crippen molar-refractivity contribution in [3.63, 3.8) is 0 Å². The van der Waals surface area contributed by atoms with Gasteiger partial charge in [0.2, 0.25) is 0 Å². The van der Waals surface area contributed by atoms with Crippen LogP contribution in [0.5, 0.6) is 0 Å². The summed E-state index contributed by atoms with van der Waals surface area (Å²) in [6, 6.07) is -0.519. The Hall–Kier alpha value is -2.46. The summed E-state index contributed by atoms with van der Waals surface area (Å²) < 4.78 is 6.78. The minimum Gasteiger partial charge on any atom is -0.480 e. The number of H-pyrrole nitrogens is 1. The summed E-state index contributed by atoms with van der Waals surface area (Å²) in [5.41, 5.74) is 5.90. The largest absolute Gasteiger partial charge is 0.480 e. The highest BCUT2D eigenvalue weighted by atomic mass is 16.5. The van der Waals surface area contributed by atoms with Crippen molar-refractivity contribution < 1.29 is 14.6 Å². The van der Waals surface area contributed by atoms with Crippen LogP contribution in [0.1, 0.15) is 44.7 Å². The fourth-order valence-electron chi connectivity index (χ4n) is 3.28. The van der Waals surface area contributed by atoms with E-state index >= 15 is 0 Å². The highest BCUT2D eigenvalue weighted by molar-refractivity contribution is 5.99. The van der Waals surface area contributed by atoms with Gasteiger partial charge in [-0.2, -0.15) is 0 Å². The first-order valence-electron chi connectivity index (χ1n) is 9.64. The van der Waals surface area contributed by atoms with Gasteiger partial charge >= 0.3 is 11.7 Å². The molecule has 0 spiro atoms. The Morgan fingerprint density at radius 2 is 2.21 bits per heavy atom. The Morgan fingerprint density at radius 1 is 1.43 bits per heavy atom. The number of carbonyl (C=O) groups is 1. The lowest BCUT2D eigenvalue weighted by molar-refractivity contribution is -0.144. The van der Waals surface area contributed by atoms with Crippen LogP contribution in [0, 0.1) is 0 Å². The molecule has 1 fully saturated rings. The number of nitrogens with zero attached hydrogens (tertiary/aromatic N) is 4. The summed E-state index contributed by atoms with van der Waals surface area (Å²) in [5.74, 6) is -0.414. The topological polar surface area (TPSA) is 138 Å². The van der Waals surface area contributed by atoms with Gasteiger partial charge < -0.3 is 20.6 Å². The third-order valence-electron chi connectivity index (χ3n) is 4.84. The van der Waals surface area contributed by atoms with Crippen LogP contribution in [0.4, 0.5) is 5.82 Å². The van der Waals surface area contributed by atoms with Gasteiger partial charge in [-0.3, -0.25) is 14.3 Å². The number of imidazole rings is 1. The van der Waals surface area contributed by atoms with Crippen molar-refractivity contribution in [3.8, 4) is 0 Å². The average Bonchev–Trinajstić information content (AvgIpc) is 3.01. The molecule has 28 heavy (non-hydrogen) atoms. The molecule has 1 aromatic rings. The molecule has 10 heteroatoms. The molecule has 1 aliphatic heterocycles. The molecule has 2 rings (SSSR count). The van der Waals surface area contributed by atoms with E-state index in [4.69, 9.17) is 10.5 Å². The van der Waals surface area contributed by atoms with Gasteiger partial charge in [0, 0.05) is 19.7 Å². The molecule has 0 saturated carbocycles. The minimum atomic E-state index is -0.830. The lowest BCUT2D eigenvalue weighted by atomic mass is 10.0. The number of aromatic amines is 1. The van der Waals surface area contributed by atoms with E-state index in [9.17, 15) is 14.7 Å². The average molecular weight is 394 g/mol. The van der Waals surface area contributed by atoms with Crippen molar-refractivity contribution in [2.45, 2.75) is 51.6 Å². The number of unbranched alkanes of at least 4 members (excludes halogenated alkanes) is 1. The number of piperidine rings is 1. The summed E-state index contributed by atoms with van der Waals surface area (Å²) in [4.78, 5) is 36.4. The fourth-order valence-corrected chi connectivity index (χ4v) is 3.28. The van der Waals surface area contributed by atoms with Gasteiger partial charge in [-0.15, -0.1) is 0 Å². The number of aromatic nitrogens is 2. The molecule has 1 atom stereocenters. The second-order valence-corrected chi connectivity index (χ2v) is 6.76. The fraction of sp³-hybridized carbons (Fsp3) is 0.667. The van der Waals surface area contributed by atoms with Crippen LogP contribution in [0.3, 0.4) is 0 Å². The zero-order chi connectivity index (χ0) is 20.5. The number of hydrogen-bond donors (Lipinski definition) is 3. The van der Waals surface area contributed by atoms with E-state index in [2.05, 4.69) is 28.6 Å². The van der Waals surface area contributed by atoms with E-state index < -0.39 is 12.0 Å². The Kier molecular flexibility index (Phi) is 8.40. The maximum Gasteiger partial charge on any atom is 0.327 e. The Balaban J connectivity index is 2.09. The number of hydrogen-bond acceptors (Lipinski definition) is 6. The molecule has 1 aromatic heterocycles. The first-order valence-corrected chi connectivity index (χ1v) is 9.64. The van der Waals surface area contributed by atoms with Crippen LogP contribution in [0.2, 0.25) is 0 Å². The van der Waals surface area contributed by atoms with Gasteiger partial charge in [-0.1, -0.05) is 19.8 Å². The number of aliphatic carboxylic acids is 1. The zero-order valence-electron chi connectivity index (χ0n) is 16.4. The zero-order valence-corrected chi connectivity index (χ0v) is 16.4. The number of rotatable bonds is 11. The van der Waals surface area contributed by atoms with E-state index in [-0.39, 0.29) is 24.8 Å². The van der Waals surface area contributed by atoms with Crippen LogP contribution in [0.25, 0.3) is 0 Å². The van der Waals surface area contributed by atoms with Crippen LogP contribution in [-0.4, -0.2) is 70.5 Å². The Morgan fingerprint density at radius 3 is 2.89 bits per heavy atom. The van der Waals surface area contributed by atoms with Gasteiger partial charge in [-0.05, 0) is 32.5 Å². The van der Waals surface area contributed by atoms with Crippen molar-refractivity contribution in [1.82, 2.24) is 14.5 Å². The first-order chi connectivity index (χ1) is 13.5. The number of ether oxygens (including phenoxy) is 1. The van der Waals surface area contributed by atoms with E-state index in [0.717, 1.165) is 25.7 Å². The molecule has 4 N–H and O–H groups in total. The number of amidine groups is 1. The number of likely N-dealkylation sites (tertiary alicyclic amines) is 1. The molecule has 1 aliphatic rings. The molecule has 1 saturated heterocycles. The van der Waals surface area contributed by atoms with Crippen molar-refractivity contribution in [1.29, 1.82) is 0 Å². The number of carboxylic acid groups (broad SMARTS) is 1. The van der Waals surface area contributed by atoms with Crippen molar-refractivity contribution in [2.75, 3.05) is 26.4 Å². The lowest BCUT2D eigenvalue weighted by Gasteiger charge is -2.32. The number of nitrogens with two attached hydrogens (primary N) is 1. The summed E-state index contributed by atoms with van der Waals surface area (Å²) >= 11 is 0. The highest BCUT2D eigenvalue weighted by Crippen LogP contribution is 2.19.